The molecule has 0 aromatic carbocycles. The van der Waals surface area contributed by atoms with Crippen LogP contribution in [0, 0.1) is 6.92 Å². The molecule has 1 aliphatic carbocycles. The van der Waals surface area contributed by atoms with E-state index in [1.165, 1.54) is 11.3 Å². The molecular formula is C24H33N5O3S. The number of rotatable bonds is 7. The molecule has 1 saturated heterocycles. The van der Waals surface area contributed by atoms with E-state index in [0.29, 0.717) is 29.6 Å². The molecule has 4 atom stereocenters. The lowest BCUT2D eigenvalue weighted by atomic mass is 9.89. The number of amides is 2. The molecule has 3 heterocycles. The summed E-state index contributed by atoms with van der Waals surface area (Å²) in [5, 5.41) is 16.3. The smallest absolute Gasteiger partial charge is 0.280 e. The lowest BCUT2D eigenvalue weighted by Gasteiger charge is -2.32. The molecule has 1 saturated carbocycles. The lowest BCUT2D eigenvalue weighted by molar-refractivity contribution is 0.0447. The van der Waals surface area contributed by atoms with E-state index >= 15 is 0 Å². The zero-order valence-corrected chi connectivity index (χ0v) is 20.5. The van der Waals surface area contributed by atoms with E-state index in [-0.39, 0.29) is 28.9 Å². The molecular weight excluding hydrogens is 438 g/mol. The number of aromatic nitrogens is 2. The second-order valence-corrected chi connectivity index (χ2v) is 10.2. The number of anilines is 1. The average molecular weight is 472 g/mol. The van der Waals surface area contributed by atoms with Gasteiger partial charge in [0.2, 0.25) is 0 Å². The van der Waals surface area contributed by atoms with E-state index < -0.39 is 6.10 Å². The van der Waals surface area contributed by atoms with Crippen molar-refractivity contribution in [3.05, 3.63) is 28.5 Å². The minimum Gasteiger partial charge on any atom is -0.391 e. The Morgan fingerprint density at radius 1 is 1.33 bits per heavy atom. The highest BCUT2D eigenvalue weighted by atomic mass is 32.1. The van der Waals surface area contributed by atoms with Gasteiger partial charge in [-0.15, -0.1) is 11.3 Å². The Bertz CT molecular complexity index is 1040. The third-order valence-corrected chi connectivity index (χ3v) is 7.84. The van der Waals surface area contributed by atoms with Gasteiger partial charge in [-0.1, -0.05) is 6.92 Å². The zero-order valence-electron chi connectivity index (χ0n) is 19.7. The van der Waals surface area contributed by atoms with Crippen LogP contribution >= 0.6 is 11.3 Å². The Labute approximate surface area is 198 Å². The Kier molecular flexibility index (Phi) is 6.99. The average Bonchev–Trinajstić information content (AvgIpc) is 3.42. The van der Waals surface area contributed by atoms with Crippen molar-refractivity contribution < 1.29 is 14.7 Å². The van der Waals surface area contributed by atoms with Crippen LogP contribution in [0.3, 0.4) is 0 Å². The molecule has 2 amide bonds. The number of pyridine rings is 1. The molecule has 0 radical (unpaired) electrons. The van der Waals surface area contributed by atoms with Crippen LogP contribution in [0.15, 0.2) is 12.3 Å². The zero-order chi connectivity index (χ0) is 23.7. The number of hydrogen-bond donors (Lipinski definition) is 3. The maximum Gasteiger partial charge on any atom is 0.280 e. The van der Waals surface area contributed by atoms with Crippen LogP contribution in [0.1, 0.15) is 78.7 Å². The van der Waals surface area contributed by atoms with E-state index in [9.17, 15) is 14.7 Å². The van der Waals surface area contributed by atoms with Crippen LogP contribution in [0.4, 0.5) is 5.82 Å². The number of likely N-dealkylation sites (tertiary alicyclic amines) is 1. The molecule has 33 heavy (non-hydrogen) atoms. The van der Waals surface area contributed by atoms with Crippen molar-refractivity contribution in [2.24, 2.45) is 0 Å². The van der Waals surface area contributed by atoms with Crippen LogP contribution in [-0.2, 0) is 0 Å². The molecule has 0 bridgehead atoms. The molecule has 4 rings (SSSR count). The van der Waals surface area contributed by atoms with Crippen LogP contribution in [-0.4, -0.2) is 62.6 Å². The van der Waals surface area contributed by atoms with Crippen molar-refractivity contribution in [1.29, 1.82) is 0 Å². The summed E-state index contributed by atoms with van der Waals surface area (Å²) < 4.78 is 0. The van der Waals surface area contributed by atoms with Gasteiger partial charge >= 0.3 is 0 Å². The summed E-state index contributed by atoms with van der Waals surface area (Å²) in [4.78, 5) is 37.9. The molecule has 178 valence electrons. The molecule has 0 spiro atoms. The standard InChI is InChI=1S/C24H33N5O3S/c1-5-14(3)26-19-11-13(2)16(12-25-19)21-20(24(32)29-10-6-7-15(29)4)28-23(33-21)22(31)27-17-8-9-18(17)30/h11-12,14-15,17-18,30H,5-10H2,1-4H3,(H,25,26)(H,27,31)/t14-,15+,17?,18-/m1/s1. The molecule has 8 nitrogen and oxygen atoms in total. The summed E-state index contributed by atoms with van der Waals surface area (Å²) in [7, 11) is 0. The van der Waals surface area contributed by atoms with Gasteiger partial charge in [0.15, 0.2) is 5.01 Å². The Balaban J connectivity index is 1.68. The molecule has 2 aromatic rings. The molecule has 2 aliphatic rings. The third kappa shape index (κ3) is 4.89. The number of hydrogen-bond acceptors (Lipinski definition) is 7. The predicted molar refractivity (Wildman–Crippen MR) is 130 cm³/mol. The van der Waals surface area contributed by atoms with Crippen molar-refractivity contribution in [1.82, 2.24) is 20.2 Å². The molecule has 1 aliphatic heterocycles. The van der Waals surface area contributed by atoms with E-state index in [1.54, 1.807) is 6.20 Å². The quantitative estimate of drug-likeness (QED) is 0.570. The fourth-order valence-electron chi connectivity index (χ4n) is 4.22. The summed E-state index contributed by atoms with van der Waals surface area (Å²) in [6.07, 6.45) is 5.59. The van der Waals surface area contributed by atoms with E-state index in [0.717, 1.165) is 42.6 Å². The molecule has 2 aromatic heterocycles. The normalized spacial score (nSPS) is 23.2. The van der Waals surface area contributed by atoms with Crippen LogP contribution < -0.4 is 10.6 Å². The van der Waals surface area contributed by atoms with Gasteiger partial charge in [0, 0.05) is 30.4 Å². The Hall–Kier alpha value is -2.52. The highest BCUT2D eigenvalue weighted by Crippen LogP contribution is 2.35. The largest absolute Gasteiger partial charge is 0.391 e. The summed E-state index contributed by atoms with van der Waals surface area (Å²) in [6, 6.07) is 2.17. The van der Waals surface area contributed by atoms with E-state index in [2.05, 4.69) is 34.4 Å². The molecule has 1 unspecified atom stereocenters. The predicted octanol–water partition coefficient (Wildman–Crippen LogP) is 3.60. The lowest BCUT2D eigenvalue weighted by Crippen LogP contribution is -2.50. The summed E-state index contributed by atoms with van der Waals surface area (Å²) >= 11 is 1.21. The van der Waals surface area contributed by atoms with Gasteiger partial charge in [-0.05, 0) is 64.5 Å². The molecule has 2 fully saturated rings. The maximum atomic E-state index is 13.5. The SMILES string of the molecule is CC[C@@H](C)Nc1cc(C)c(-c2sc(C(=O)NC3CC[C@H]3O)nc2C(=O)N2CCC[C@@H]2C)cn1. The van der Waals surface area contributed by atoms with Crippen LogP contribution in [0.5, 0.6) is 0 Å². The van der Waals surface area contributed by atoms with Gasteiger partial charge < -0.3 is 20.6 Å². The Morgan fingerprint density at radius 2 is 2.12 bits per heavy atom. The fraction of sp³-hybridized carbons (Fsp3) is 0.583. The minimum atomic E-state index is -0.517. The second kappa shape index (κ2) is 9.77. The molecule has 9 heteroatoms. The second-order valence-electron chi connectivity index (χ2n) is 9.25. The van der Waals surface area contributed by atoms with Gasteiger partial charge in [0.1, 0.15) is 11.5 Å². The minimum absolute atomic E-state index is 0.143. The van der Waals surface area contributed by atoms with E-state index in [4.69, 9.17) is 0 Å². The van der Waals surface area contributed by atoms with Crippen molar-refractivity contribution in [3.8, 4) is 10.4 Å². The first kappa shape index (κ1) is 23.6. The van der Waals surface area contributed by atoms with Gasteiger partial charge in [0.25, 0.3) is 11.8 Å². The van der Waals surface area contributed by atoms with Crippen molar-refractivity contribution in [2.75, 3.05) is 11.9 Å². The highest BCUT2D eigenvalue weighted by molar-refractivity contribution is 7.17. The first-order valence-corrected chi connectivity index (χ1v) is 12.6. The highest BCUT2D eigenvalue weighted by Gasteiger charge is 2.34. The number of aliphatic hydroxyl groups is 1. The third-order valence-electron chi connectivity index (χ3n) is 6.75. The number of nitrogens with zero attached hydrogens (tertiary/aromatic N) is 3. The number of thiazole rings is 1. The van der Waals surface area contributed by atoms with Gasteiger partial charge in [0.05, 0.1) is 17.0 Å². The summed E-state index contributed by atoms with van der Waals surface area (Å²) in [5.41, 5.74) is 2.07. The Morgan fingerprint density at radius 3 is 2.70 bits per heavy atom. The van der Waals surface area contributed by atoms with Crippen molar-refractivity contribution in [2.45, 2.75) is 84.0 Å². The fourth-order valence-corrected chi connectivity index (χ4v) is 5.26. The number of aliphatic hydroxyl groups excluding tert-OH is 1. The number of carbonyl (C=O) groups is 2. The van der Waals surface area contributed by atoms with E-state index in [1.807, 2.05) is 24.8 Å². The van der Waals surface area contributed by atoms with Crippen molar-refractivity contribution in [3.63, 3.8) is 0 Å². The topological polar surface area (TPSA) is 107 Å². The van der Waals surface area contributed by atoms with Crippen LogP contribution in [0.2, 0.25) is 0 Å². The first-order chi connectivity index (χ1) is 15.8. The van der Waals surface area contributed by atoms with Gasteiger partial charge in [-0.3, -0.25) is 9.59 Å². The van der Waals surface area contributed by atoms with Gasteiger partial charge in [-0.25, -0.2) is 9.97 Å². The maximum absolute atomic E-state index is 13.5. The number of nitrogens with one attached hydrogen (secondary N) is 2. The van der Waals surface area contributed by atoms with Crippen LogP contribution in [0.25, 0.3) is 10.4 Å². The molecule has 3 N–H and O–H groups in total. The number of aryl methyl sites for hydroxylation is 1. The first-order valence-electron chi connectivity index (χ1n) is 11.8. The van der Waals surface area contributed by atoms with Gasteiger partial charge in [-0.2, -0.15) is 0 Å². The monoisotopic (exact) mass is 471 g/mol. The summed E-state index contributed by atoms with van der Waals surface area (Å²) in [6.45, 7) is 8.94. The number of carbonyl (C=O) groups excluding carboxylic acids is 2. The summed E-state index contributed by atoms with van der Waals surface area (Å²) in [5.74, 6) is 0.294. The van der Waals surface area contributed by atoms with Crippen molar-refractivity contribution >= 4 is 29.0 Å².